The van der Waals surface area contributed by atoms with Crippen molar-refractivity contribution in [2.45, 2.75) is 12.5 Å². The van der Waals surface area contributed by atoms with Crippen molar-refractivity contribution in [1.82, 2.24) is 5.32 Å². The first kappa shape index (κ1) is 13.4. The minimum Gasteiger partial charge on any atom is -0.480 e. The quantitative estimate of drug-likeness (QED) is 0.461. The van der Waals surface area contributed by atoms with Gasteiger partial charge in [0.05, 0.1) is 5.56 Å². The van der Waals surface area contributed by atoms with Crippen LogP contribution in [0.1, 0.15) is 16.8 Å². The Kier molecular flexibility index (Phi) is 4.84. The van der Waals surface area contributed by atoms with Gasteiger partial charge in [-0.15, -0.1) is 0 Å². The lowest BCUT2D eigenvalue weighted by Crippen LogP contribution is -2.41. The number of carbonyl (C=O) groups is 2. The van der Waals surface area contributed by atoms with Crippen LogP contribution >= 0.6 is 12.6 Å². The van der Waals surface area contributed by atoms with Crippen molar-refractivity contribution < 1.29 is 14.7 Å². The van der Waals surface area contributed by atoms with E-state index in [-0.39, 0.29) is 12.0 Å². The number of rotatable bonds is 5. The summed E-state index contributed by atoms with van der Waals surface area (Å²) in [5, 5.41) is 11.3. The van der Waals surface area contributed by atoms with Crippen LogP contribution in [0.4, 0.5) is 5.69 Å². The molecule has 0 bridgehead atoms. The van der Waals surface area contributed by atoms with Gasteiger partial charge in [-0.05, 0) is 24.3 Å². The molecule has 4 N–H and O–H groups in total. The molecule has 5 nitrogen and oxygen atoms in total. The Labute approximate surface area is 104 Å². The third kappa shape index (κ3) is 3.67. The number of thiol groups is 1. The first-order chi connectivity index (χ1) is 8.06. The van der Waals surface area contributed by atoms with Gasteiger partial charge in [-0.3, -0.25) is 4.79 Å². The molecule has 17 heavy (non-hydrogen) atoms. The number of anilines is 1. The van der Waals surface area contributed by atoms with Crippen LogP contribution in [0, 0.1) is 0 Å². The van der Waals surface area contributed by atoms with Gasteiger partial charge in [-0.25, -0.2) is 4.79 Å². The Morgan fingerprint density at radius 3 is 2.59 bits per heavy atom. The lowest BCUT2D eigenvalue weighted by Gasteiger charge is -2.14. The zero-order valence-electron chi connectivity index (χ0n) is 9.09. The lowest BCUT2D eigenvalue weighted by molar-refractivity contribution is -0.139. The van der Waals surface area contributed by atoms with Crippen LogP contribution in [0.25, 0.3) is 0 Å². The van der Waals surface area contributed by atoms with Crippen LogP contribution in [-0.2, 0) is 4.79 Å². The maximum Gasteiger partial charge on any atom is 0.326 e. The second kappa shape index (κ2) is 6.15. The van der Waals surface area contributed by atoms with Crippen LogP contribution in [0.3, 0.4) is 0 Å². The molecule has 0 aliphatic rings. The van der Waals surface area contributed by atoms with Gasteiger partial charge < -0.3 is 16.2 Å². The standard InChI is InChI=1S/C11H14N2O3S/c12-8-4-2-1-3-7(8)10(14)13-9(5-6-17)11(15)16/h1-4,9,17H,5-6,12H2,(H,13,14)(H,15,16)/t9-/m0/s1. The van der Waals surface area contributed by atoms with E-state index in [0.29, 0.717) is 11.4 Å². The summed E-state index contributed by atoms with van der Waals surface area (Å²) in [6.07, 6.45) is 0.261. The highest BCUT2D eigenvalue weighted by atomic mass is 32.1. The van der Waals surface area contributed by atoms with Gasteiger partial charge >= 0.3 is 5.97 Å². The number of hydrogen-bond acceptors (Lipinski definition) is 4. The summed E-state index contributed by atoms with van der Waals surface area (Å²) in [7, 11) is 0. The monoisotopic (exact) mass is 254 g/mol. The Morgan fingerprint density at radius 1 is 1.41 bits per heavy atom. The number of carbonyl (C=O) groups excluding carboxylic acids is 1. The molecule has 1 aromatic rings. The van der Waals surface area contributed by atoms with E-state index in [1.54, 1.807) is 24.3 Å². The van der Waals surface area contributed by atoms with Gasteiger partial charge in [0.25, 0.3) is 5.91 Å². The topological polar surface area (TPSA) is 92.4 Å². The van der Waals surface area contributed by atoms with E-state index in [4.69, 9.17) is 10.8 Å². The number of nitrogens with two attached hydrogens (primary N) is 1. The molecular weight excluding hydrogens is 240 g/mol. The van der Waals surface area contributed by atoms with E-state index < -0.39 is 17.9 Å². The summed E-state index contributed by atoms with van der Waals surface area (Å²) >= 11 is 3.95. The predicted octanol–water partition coefficient (Wildman–Crippen LogP) is 0.772. The van der Waals surface area contributed by atoms with Crippen LogP contribution < -0.4 is 11.1 Å². The van der Waals surface area contributed by atoms with Gasteiger partial charge in [0.15, 0.2) is 0 Å². The Morgan fingerprint density at radius 2 is 2.06 bits per heavy atom. The summed E-state index contributed by atoms with van der Waals surface area (Å²) in [5.74, 6) is -1.19. The van der Waals surface area contributed by atoms with Gasteiger partial charge in [-0.1, -0.05) is 12.1 Å². The number of nitrogen functional groups attached to an aromatic ring is 1. The molecule has 0 aromatic heterocycles. The molecule has 92 valence electrons. The van der Waals surface area contributed by atoms with Crippen molar-refractivity contribution in [3.8, 4) is 0 Å². The molecule has 0 spiro atoms. The van der Waals surface area contributed by atoms with E-state index in [2.05, 4.69) is 17.9 Å². The third-order valence-corrected chi connectivity index (χ3v) is 2.48. The number of benzene rings is 1. The van der Waals surface area contributed by atoms with E-state index in [9.17, 15) is 9.59 Å². The number of para-hydroxylation sites is 1. The predicted molar refractivity (Wildman–Crippen MR) is 68.2 cm³/mol. The van der Waals surface area contributed by atoms with Crippen LogP contribution in [0.5, 0.6) is 0 Å². The maximum atomic E-state index is 11.8. The van der Waals surface area contributed by atoms with Gasteiger partial charge in [-0.2, -0.15) is 12.6 Å². The normalized spacial score (nSPS) is 11.8. The zero-order chi connectivity index (χ0) is 12.8. The fourth-order valence-corrected chi connectivity index (χ4v) is 1.58. The molecule has 6 heteroatoms. The van der Waals surface area contributed by atoms with Crippen LogP contribution in [0.2, 0.25) is 0 Å². The largest absolute Gasteiger partial charge is 0.480 e. The SMILES string of the molecule is Nc1ccccc1C(=O)N[C@@H](CCS)C(=O)O. The second-order valence-electron chi connectivity index (χ2n) is 3.46. The summed E-state index contributed by atoms with van der Waals surface area (Å²) in [4.78, 5) is 22.6. The number of aliphatic carboxylic acids is 1. The van der Waals surface area contributed by atoms with Crippen molar-refractivity contribution >= 4 is 30.2 Å². The molecule has 0 saturated heterocycles. The fourth-order valence-electron chi connectivity index (χ4n) is 1.33. The Bertz CT molecular complexity index is 423. The average Bonchev–Trinajstić information content (AvgIpc) is 2.28. The van der Waals surface area contributed by atoms with Crippen LogP contribution in [-0.4, -0.2) is 28.8 Å². The van der Waals surface area contributed by atoms with Crippen molar-refractivity contribution in [2.75, 3.05) is 11.5 Å². The highest BCUT2D eigenvalue weighted by Gasteiger charge is 2.20. The van der Waals surface area contributed by atoms with E-state index in [0.717, 1.165) is 0 Å². The molecule has 1 aromatic carbocycles. The lowest BCUT2D eigenvalue weighted by atomic mass is 10.1. The van der Waals surface area contributed by atoms with Crippen molar-refractivity contribution in [1.29, 1.82) is 0 Å². The second-order valence-corrected chi connectivity index (χ2v) is 3.91. The molecule has 0 fully saturated rings. The Balaban J connectivity index is 2.77. The van der Waals surface area contributed by atoms with Crippen molar-refractivity contribution in [3.63, 3.8) is 0 Å². The molecule has 1 amide bonds. The Hall–Kier alpha value is -1.69. The van der Waals surface area contributed by atoms with E-state index in [1.165, 1.54) is 0 Å². The van der Waals surface area contributed by atoms with Crippen LogP contribution in [0.15, 0.2) is 24.3 Å². The van der Waals surface area contributed by atoms with E-state index in [1.807, 2.05) is 0 Å². The van der Waals surface area contributed by atoms with Crippen molar-refractivity contribution in [3.05, 3.63) is 29.8 Å². The zero-order valence-corrected chi connectivity index (χ0v) is 9.98. The first-order valence-electron chi connectivity index (χ1n) is 5.05. The number of carboxylic acids is 1. The van der Waals surface area contributed by atoms with Gasteiger partial charge in [0.1, 0.15) is 6.04 Å². The number of nitrogens with one attached hydrogen (secondary N) is 1. The fraction of sp³-hybridized carbons (Fsp3) is 0.273. The molecule has 0 heterocycles. The molecule has 0 unspecified atom stereocenters. The summed E-state index contributed by atoms with van der Waals surface area (Å²) < 4.78 is 0. The van der Waals surface area contributed by atoms with Gasteiger partial charge in [0.2, 0.25) is 0 Å². The minimum absolute atomic E-state index is 0.261. The highest BCUT2D eigenvalue weighted by molar-refractivity contribution is 7.80. The molecule has 0 saturated carbocycles. The van der Waals surface area contributed by atoms with Crippen molar-refractivity contribution in [2.24, 2.45) is 0 Å². The summed E-state index contributed by atoms with van der Waals surface area (Å²) in [5.41, 5.74) is 6.22. The molecular formula is C11H14N2O3S. The number of amides is 1. The maximum absolute atomic E-state index is 11.8. The smallest absolute Gasteiger partial charge is 0.326 e. The molecule has 0 radical (unpaired) electrons. The minimum atomic E-state index is -1.08. The molecule has 1 rings (SSSR count). The summed E-state index contributed by atoms with van der Waals surface area (Å²) in [6.45, 7) is 0. The highest BCUT2D eigenvalue weighted by Crippen LogP contribution is 2.10. The summed E-state index contributed by atoms with van der Waals surface area (Å²) in [6, 6.07) is 5.56. The van der Waals surface area contributed by atoms with E-state index >= 15 is 0 Å². The molecule has 0 aliphatic carbocycles. The van der Waals surface area contributed by atoms with Gasteiger partial charge in [0, 0.05) is 5.69 Å². The molecule has 1 atom stereocenters. The first-order valence-corrected chi connectivity index (χ1v) is 5.68. The molecule has 0 aliphatic heterocycles. The third-order valence-electron chi connectivity index (χ3n) is 2.23. The number of carboxylic acid groups (broad SMARTS) is 1. The number of hydrogen-bond donors (Lipinski definition) is 4. The average molecular weight is 254 g/mol.